The SMILES string of the molecule is c1ccc(CN2CCC[C@@H]3CNCC[C@@H]32)cc1. The van der Waals surface area contributed by atoms with Crippen LogP contribution < -0.4 is 5.32 Å². The van der Waals surface area contributed by atoms with Crippen molar-refractivity contribution >= 4 is 0 Å². The van der Waals surface area contributed by atoms with Gasteiger partial charge in [-0.2, -0.15) is 0 Å². The van der Waals surface area contributed by atoms with Gasteiger partial charge in [0.15, 0.2) is 0 Å². The lowest BCUT2D eigenvalue weighted by Gasteiger charge is -2.44. The zero-order valence-corrected chi connectivity index (χ0v) is 10.4. The third-order valence-electron chi connectivity index (χ3n) is 4.29. The first-order valence-corrected chi connectivity index (χ1v) is 6.92. The summed E-state index contributed by atoms with van der Waals surface area (Å²) in [6.45, 7) is 4.86. The number of piperidine rings is 2. The molecular formula is C15H22N2. The number of rotatable bonds is 2. The van der Waals surface area contributed by atoms with Gasteiger partial charge in [0, 0.05) is 12.6 Å². The highest BCUT2D eigenvalue weighted by Gasteiger charge is 2.32. The summed E-state index contributed by atoms with van der Waals surface area (Å²) in [6.07, 6.45) is 4.12. The molecule has 92 valence electrons. The van der Waals surface area contributed by atoms with E-state index in [0.29, 0.717) is 0 Å². The van der Waals surface area contributed by atoms with E-state index in [0.717, 1.165) is 18.5 Å². The molecular weight excluding hydrogens is 208 g/mol. The predicted molar refractivity (Wildman–Crippen MR) is 70.9 cm³/mol. The molecule has 2 fully saturated rings. The zero-order chi connectivity index (χ0) is 11.5. The molecule has 2 atom stereocenters. The Labute approximate surface area is 104 Å². The third kappa shape index (κ3) is 2.53. The van der Waals surface area contributed by atoms with Crippen LogP contribution in [0.3, 0.4) is 0 Å². The number of benzene rings is 1. The van der Waals surface area contributed by atoms with Gasteiger partial charge in [0.1, 0.15) is 0 Å². The Morgan fingerprint density at radius 1 is 1.18 bits per heavy atom. The normalized spacial score (nSPS) is 29.9. The second-order valence-corrected chi connectivity index (χ2v) is 5.42. The first-order chi connectivity index (χ1) is 8.43. The second-order valence-electron chi connectivity index (χ2n) is 5.42. The molecule has 1 N–H and O–H groups in total. The molecule has 2 heteroatoms. The highest BCUT2D eigenvalue weighted by molar-refractivity contribution is 5.14. The summed E-state index contributed by atoms with van der Waals surface area (Å²) in [5.74, 6) is 0.890. The molecule has 2 aliphatic rings. The van der Waals surface area contributed by atoms with Crippen molar-refractivity contribution in [2.45, 2.75) is 31.8 Å². The Bertz CT molecular complexity index is 347. The van der Waals surface area contributed by atoms with Gasteiger partial charge in [0.05, 0.1) is 0 Å². The first kappa shape index (κ1) is 11.2. The highest BCUT2D eigenvalue weighted by atomic mass is 15.2. The van der Waals surface area contributed by atoms with Crippen LogP contribution >= 0.6 is 0 Å². The van der Waals surface area contributed by atoms with Crippen molar-refractivity contribution in [2.75, 3.05) is 19.6 Å². The zero-order valence-electron chi connectivity index (χ0n) is 10.4. The molecule has 0 unspecified atom stereocenters. The van der Waals surface area contributed by atoms with Crippen molar-refractivity contribution in [1.82, 2.24) is 10.2 Å². The summed E-state index contributed by atoms with van der Waals surface area (Å²) in [6, 6.07) is 11.7. The summed E-state index contributed by atoms with van der Waals surface area (Å²) in [5.41, 5.74) is 1.46. The van der Waals surface area contributed by atoms with Gasteiger partial charge < -0.3 is 5.32 Å². The van der Waals surface area contributed by atoms with Gasteiger partial charge in [-0.05, 0) is 50.4 Å². The van der Waals surface area contributed by atoms with E-state index in [1.54, 1.807) is 0 Å². The van der Waals surface area contributed by atoms with Crippen LogP contribution in [0.25, 0.3) is 0 Å². The predicted octanol–water partition coefficient (Wildman–Crippen LogP) is 2.26. The molecule has 0 spiro atoms. The van der Waals surface area contributed by atoms with Gasteiger partial charge in [-0.15, -0.1) is 0 Å². The summed E-state index contributed by atoms with van der Waals surface area (Å²) in [7, 11) is 0. The smallest absolute Gasteiger partial charge is 0.0236 e. The summed E-state index contributed by atoms with van der Waals surface area (Å²) < 4.78 is 0. The molecule has 0 aromatic heterocycles. The monoisotopic (exact) mass is 230 g/mol. The van der Waals surface area contributed by atoms with E-state index in [1.165, 1.54) is 44.5 Å². The molecule has 0 amide bonds. The lowest BCUT2D eigenvalue weighted by Crippen LogP contribution is -2.52. The van der Waals surface area contributed by atoms with Crippen LogP contribution in [0.15, 0.2) is 30.3 Å². The summed E-state index contributed by atoms with van der Waals surface area (Å²) in [4.78, 5) is 2.71. The van der Waals surface area contributed by atoms with Gasteiger partial charge in [0.25, 0.3) is 0 Å². The van der Waals surface area contributed by atoms with Crippen LogP contribution in [-0.4, -0.2) is 30.6 Å². The van der Waals surface area contributed by atoms with E-state index in [4.69, 9.17) is 0 Å². The minimum absolute atomic E-state index is 0.824. The molecule has 2 nitrogen and oxygen atoms in total. The average Bonchev–Trinajstić information content (AvgIpc) is 2.40. The van der Waals surface area contributed by atoms with E-state index >= 15 is 0 Å². The van der Waals surface area contributed by atoms with Crippen LogP contribution in [0.5, 0.6) is 0 Å². The Hall–Kier alpha value is -0.860. The molecule has 17 heavy (non-hydrogen) atoms. The van der Waals surface area contributed by atoms with Gasteiger partial charge >= 0.3 is 0 Å². The lowest BCUT2D eigenvalue weighted by atomic mass is 9.84. The van der Waals surface area contributed by atoms with Gasteiger partial charge in [-0.1, -0.05) is 30.3 Å². The second kappa shape index (κ2) is 5.19. The number of fused-ring (bicyclic) bond motifs is 1. The standard InChI is InChI=1S/C15H22N2/c1-2-5-13(6-3-1)12-17-10-4-7-14-11-16-9-8-15(14)17/h1-3,5-6,14-16H,4,7-12H2/t14-,15+/m1/s1. The van der Waals surface area contributed by atoms with Crippen LogP contribution in [0, 0.1) is 5.92 Å². The number of nitrogens with zero attached hydrogens (tertiary/aromatic N) is 1. The molecule has 2 heterocycles. The fraction of sp³-hybridized carbons (Fsp3) is 0.600. The van der Waals surface area contributed by atoms with E-state index in [1.807, 2.05) is 0 Å². The van der Waals surface area contributed by atoms with Gasteiger partial charge in [-0.3, -0.25) is 4.90 Å². The van der Waals surface area contributed by atoms with Crippen molar-refractivity contribution in [3.8, 4) is 0 Å². The highest BCUT2D eigenvalue weighted by Crippen LogP contribution is 2.28. The van der Waals surface area contributed by atoms with E-state index in [-0.39, 0.29) is 0 Å². The molecule has 2 saturated heterocycles. The number of hydrogen-bond donors (Lipinski definition) is 1. The fourth-order valence-corrected chi connectivity index (χ4v) is 3.42. The number of nitrogens with one attached hydrogen (secondary N) is 1. The maximum Gasteiger partial charge on any atom is 0.0236 e. The first-order valence-electron chi connectivity index (χ1n) is 6.92. The molecule has 0 saturated carbocycles. The average molecular weight is 230 g/mol. The minimum atomic E-state index is 0.824. The summed E-state index contributed by atoms with van der Waals surface area (Å²) in [5, 5.41) is 3.54. The Morgan fingerprint density at radius 2 is 2.06 bits per heavy atom. The van der Waals surface area contributed by atoms with Crippen molar-refractivity contribution in [2.24, 2.45) is 5.92 Å². The van der Waals surface area contributed by atoms with Crippen molar-refractivity contribution in [3.05, 3.63) is 35.9 Å². The Balaban J connectivity index is 1.69. The van der Waals surface area contributed by atoms with Crippen LogP contribution in [0.2, 0.25) is 0 Å². The minimum Gasteiger partial charge on any atom is -0.316 e. The summed E-state index contributed by atoms with van der Waals surface area (Å²) >= 11 is 0. The Kier molecular flexibility index (Phi) is 3.44. The topological polar surface area (TPSA) is 15.3 Å². The fourth-order valence-electron chi connectivity index (χ4n) is 3.42. The number of hydrogen-bond acceptors (Lipinski definition) is 2. The van der Waals surface area contributed by atoms with E-state index < -0.39 is 0 Å². The van der Waals surface area contributed by atoms with Crippen molar-refractivity contribution in [3.63, 3.8) is 0 Å². The molecule has 1 aromatic rings. The van der Waals surface area contributed by atoms with Gasteiger partial charge in [0.2, 0.25) is 0 Å². The molecule has 0 bridgehead atoms. The maximum atomic E-state index is 3.54. The van der Waals surface area contributed by atoms with Crippen LogP contribution in [0.1, 0.15) is 24.8 Å². The molecule has 3 rings (SSSR count). The van der Waals surface area contributed by atoms with Crippen molar-refractivity contribution < 1.29 is 0 Å². The van der Waals surface area contributed by atoms with Crippen LogP contribution in [-0.2, 0) is 6.54 Å². The third-order valence-corrected chi connectivity index (χ3v) is 4.29. The van der Waals surface area contributed by atoms with Gasteiger partial charge in [-0.25, -0.2) is 0 Å². The molecule has 0 radical (unpaired) electrons. The molecule has 2 aliphatic heterocycles. The van der Waals surface area contributed by atoms with Crippen LogP contribution in [0.4, 0.5) is 0 Å². The van der Waals surface area contributed by atoms with E-state index in [9.17, 15) is 0 Å². The van der Waals surface area contributed by atoms with E-state index in [2.05, 4.69) is 40.5 Å². The molecule has 1 aromatic carbocycles. The lowest BCUT2D eigenvalue weighted by molar-refractivity contribution is 0.0627. The quantitative estimate of drug-likeness (QED) is 0.838. The maximum absolute atomic E-state index is 3.54. The number of likely N-dealkylation sites (tertiary alicyclic amines) is 1. The Morgan fingerprint density at radius 3 is 2.94 bits per heavy atom. The van der Waals surface area contributed by atoms with Crippen molar-refractivity contribution in [1.29, 1.82) is 0 Å². The largest absolute Gasteiger partial charge is 0.316 e. The molecule has 0 aliphatic carbocycles.